The number of carbonyl (C=O) groups excluding carboxylic acids is 2. The SMILES string of the molecule is Cc1csc(NC(=O)CN(CCCN(C)C)C(=O)CCC2CCCC2)n1. The second-order valence-corrected chi connectivity index (χ2v) is 8.36. The number of rotatable bonds is 10. The third kappa shape index (κ3) is 7.41. The first kappa shape index (κ1) is 20.8. The Hall–Kier alpha value is -1.47. The van der Waals surface area contributed by atoms with Crippen LogP contribution in [0.1, 0.15) is 50.6 Å². The molecule has 0 aliphatic heterocycles. The first-order valence-corrected chi connectivity index (χ1v) is 10.5. The minimum Gasteiger partial charge on any atom is -0.333 e. The summed E-state index contributed by atoms with van der Waals surface area (Å²) in [6.45, 7) is 3.52. The number of hydrogen-bond donors (Lipinski definition) is 1. The molecule has 1 aliphatic carbocycles. The van der Waals surface area contributed by atoms with Crippen LogP contribution in [0, 0.1) is 12.8 Å². The van der Waals surface area contributed by atoms with Gasteiger partial charge in [-0.3, -0.25) is 9.59 Å². The molecule has 1 aliphatic rings. The number of nitrogens with zero attached hydrogens (tertiary/aromatic N) is 3. The summed E-state index contributed by atoms with van der Waals surface area (Å²) in [5, 5.41) is 5.31. The Balaban J connectivity index is 1.85. The van der Waals surface area contributed by atoms with Gasteiger partial charge >= 0.3 is 0 Å². The van der Waals surface area contributed by atoms with E-state index < -0.39 is 0 Å². The van der Waals surface area contributed by atoms with Gasteiger partial charge in [0.05, 0.1) is 12.2 Å². The summed E-state index contributed by atoms with van der Waals surface area (Å²) < 4.78 is 0. The molecule has 1 aromatic rings. The Morgan fingerprint density at radius 2 is 2.00 bits per heavy atom. The molecule has 1 N–H and O–H groups in total. The minimum atomic E-state index is -0.168. The lowest BCUT2D eigenvalue weighted by Gasteiger charge is -2.23. The van der Waals surface area contributed by atoms with E-state index in [1.54, 1.807) is 4.90 Å². The van der Waals surface area contributed by atoms with E-state index in [2.05, 4.69) is 15.2 Å². The Bertz CT molecular complexity index is 582. The molecule has 0 bridgehead atoms. The van der Waals surface area contributed by atoms with Crippen LogP contribution in [0.2, 0.25) is 0 Å². The summed E-state index contributed by atoms with van der Waals surface area (Å²) in [7, 11) is 4.04. The van der Waals surface area contributed by atoms with Crippen LogP contribution in [-0.2, 0) is 9.59 Å². The van der Waals surface area contributed by atoms with Crippen molar-refractivity contribution in [3.05, 3.63) is 11.1 Å². The van der Waals surface area contributed by atoms with E-state index in [9.17, 15) is 9.59 Å². The highest BCUT2D eigenvalue weighted by Gasteiger charge is 2.21. The van der Waals surface area contributed by atoms with Crippen LogP contribution in [0.15, 0.2) is 5.38 Å². The van der Waals surface area contributed by atoms with Crippen molar-refractivity contribution in [1.82, 2.24) is 14.8 Å². The van der Waals surface area contributed by atoms with Crippen molar-refractivity contribution in [2.45, 2.75) is 51.9 Å². The van der Waals surface area contributed by atoms with E-state index >= 15 is 0 Å². The Morgan fingerprint density at radius 3 is 2.62 bits per heavy atom. The van der Waals surface area contributed by atoms with Gasteiger partial charge in [-0.25, -0.2) is 4.98 Å². The molecule has 0 unspecified atom stereocenters. The van der Waals surface area contributed by atoms with Gasteiger partial charge in [-0.1, -0.05) is 25.7 Å². The third-order valence-electron chi connectivity index (χ3n) is 4.83. The summed E-state index contributed by atoms with van der Waals surface area (Å²) in [6.07, 6.45) is 7.45. The zero-order valence-corrected chi connectivity index (χ0v) is 17.1. The molecule has 1 aromatic heterocycles. The van der Waals surface area contributed by atoms with E-state index in [4.69, 9.17) is 0 Å². The van der Waals surface area contributed by atoms with E-state index in [0.29, 0.717) is 24.0 Å². The maximum atomic E-state index is 12.7. The van der Waals surface area contributed by atoms with Crippen molar-refractivity contribution < 1.29 is 9.59 Å². The van der Waals surface area contributed by atoms with Gasteiger partial charge in [0.2, 0.25) is 11.8 Å². The average Bonchev–Trinajstić information content (AvgIpc) is 3.23. The summed E-state index contributed by atoms with van der Waals surface area (Å²) >= 11 is 1.41. The van der Waals surface area contributed by atoms with Crippen LogP contribution < -0.4 is 5.32 Å². The fourth-order valence-corrected chi connectivity index (χ4v) is 4.10. The molecule has 146 valence electrons. The van der Waals surface area contributed by atoms with Crippen LogP contribution >= 0.6 is 11.3 Å². The van der Waals surface area contributed by atoms with Gasteiger partial charge in [-0.2, -0.15) is 0 Å². The molecule has 1 fully saturated rings. The van der Waals surface area contributed by atoms with Gasteiger partial charge < -0.3 is 15.1 Å². The molecule has 1 saturated carbocycles. The standard InChI is InChI=1S/C19H32N4O2S/c1-15-14-26-19(20-15)21-17(24)13-23(12-6-11-22(2)3)18(25)10-9-16-7-4-5-8-16/h14,16H,4-13H2,1-3H3,(H,20,21,24). The molecule has 0 atom stereocenters. The summed E-state index contributed by atoms with van der Waals surface area (Å²) in [5.41, 5.74) is 0.890. The number of hydrogen-bond acceptors (Lipinski definition) is 5. The molecule has 0 aromatic carbocycles. The summed E-state index contributed by atoms with van der Waals surface area (Å²) in [4.78, 5) is 33.1. The summed E-state index contributed by atoms with van der Waals surface area (Å²) in [6, 6.07) is 0. The van der Waals surface area contributed by atoms with Gasteiger partial charge in [0, 0.05) is 18.3 Å². The molecule has 0 radical (unpaired) electrons. The topological polar surface area (TPSA) is 65.5 Å². The molecule has 7 heteroatoms. The number of carbonyl (C=O) groups is 2. The zero-order chi connectivity index (χ0) is 18.9. The minimum absolute atomic E-state index is 0.0983. The molecule has 6 nitrogen and oxygen atoms in total. The number of thiazole rings is 1. The Kier molecular flexibility index (Phi) is 8.51. The number of aromatic nitrogens is 1. The monoisotopic (exact) mass is 380 g/mol. The lowest BCUT2D eigenvalue weighted by molar-refractivity contribution is -0.135. The van der Waals surface area contributed by atoms with E-state index in [1.165, 1.54) is 37.0 Å². The summed E-state index contributed by atoms with van der Waals surface area (Å²) in [5.74, 6) is 0.620. The van der Waals surface area contributed by atoms with E-state index in [0.717, 1.165) is 25.1 Å². The van der Waals surface area contributed by atoms with Gasteiger partial charge in [0.25, 0.3) is 0 Å². The van der Waals surface area contributed by atoms with E-state index in [1.807, 2.05) is 26.4 Å². The van der Waals surface area contributed by atoms with Crippen molar-refractivity contribution in [3.63, 3.8) is 0 Å². The molecular weight excluding hydrogens is 348 g/mol. The number of aryl methyl sites for hydroxylation is 1. The lowest BCUT2D eigenvalue weighted by atomic mass is 10.0. The predicted molar refractivity (Wildman–Crippen MR) is 106 cm³/mol. The zero-order valence-electron chi connectivity index (χ0n) is 16.3. The van der Waals surface area contributed by atoms with Crippen molar-refractivity contribution in [1.29, 1.82) is 0 Å². The normalized spacial score (nSPS) is 14.8. The predicted octanol–water partition coefficient (Wildman–Crippen LogP) is 3.14. The highest BCUT2D eigenvalue weighted by Crippen LogP contribution is 2.28. The smallest absolute Gasteiger partial charge is 0.245 e. The second kappa shape index (κ2) is 10.6. The van der Waals surface area contributed by atoms with Gasteiger partial charge in [-0.05, 0) is 46.3 Å². The fraction of sp³-hybridized carbons (Fsp3) is 0.737. The van der Waals surface area contributed by atoms with Crippen LogP contribution in [0.3, 0.4) is 0 Å². The highest BCUT2D eigenvalue weighted by atomic mass is 32.1. The molecular formula is C19H32N4O2S. The maximum Gasteiger partial charge on any atom is 0.245 e. The highest BCUT2D eigenvalue weighted by molar-refractivity contribution is 7.13. The molecule has 2 rings (SSSR count). The molecule has 0 saturated heterocycles. The first-order valence-electron chi connectivity index (χ1n) is 9.58. The Morgan fingerprint density at radius 1 is 1.27 bits per heavy atom. The number of amides is 2. The largest absolute Gasteiger partial charge is 0.333 e. The maximum absolute atomic E-state index is 12.7. The number of nitrogens with one attached hydrogen (secondary N) is 1. The van der Waals surface area contributed by atoms with Gasteiger partial charge in [-0.15, -0.1) is 11.3 Å². The lowest BCUT2D eigenvalue weighted by Crippen LogP contribution is -2.39. The van der Waals surface area contributed by atoms with Crippen LogP contribution in [0.25, 0.3) is 0 Å². The van der Waals surface area contributed by atoms with Crippen LogP contribution in [0.4, 0.5) is 5.13 Å². The molecule has 0 spiro atoms. The molecule has 1 heterocycles. The fourth-order valence-electron chi connectivity index (χ4n) is 3.40. The van der Waals surface area contributed by atoms with Gasteiger partial charge in [0.1, 0.15) is 0 Å². The Labute approximate surface area is 161 Å². The average molecular weight is 381 g/mol. The van der Waals surface area contributed by atoms with Crippen LogP contribution in [0.5, 0.6) is 0 Å². The third-order valence-corrected chi connectivity index (χ3v) is 5.70. The van der Waals surface area contributed by atoms with Crippen molar-refractivity contribution in [3.8, 4) is 0 Å². The van der Waals surface area contributed by atoms with Gasteiger partial charge in [0.15, 0.2) is 5.13 Å². The molecule has 2 amide bonds. The van der Waals surface area contributed by atoms with E-state index in [-0.39, 0.29) is 18.4 Å². The van der Waals surface area contributed by atoms with Crippen molar-refractivity contribution in [2.24, 2.45) is 5.92 Å². The second-order valence-electron chi connectivity index (χ2n) is 7.50. The number of anilines is 1. The first-order chi connectivity index (χ1) is 12.4. The van der Waals surface area contributed by atoms with Crippen LogP contribution in [-0.4, -0.2) is 60.3 Å². The van der Waals surface area contributed by atoms with Crippen molar-refractivity contribution in [2.75, 3.05) is 39.0 Å². The van der Waals surface area contributed by atoms with Crippen molar-refractivity contribution >= 4 is 28.3 Å². The molecule has 26 heavy (non-hydrogen) atoms. The quantitative estimate of drug-likeness (QED) is 0.677.